The van der Waals surface area contributed by atoms with Gasteiger partial charge in [-0.25, -0.2) is 0 Å². The molecule has 1 aliphatic heterocycles. The van der Waals surface area contributed by atoms with Gasteiger partial charge >= 0.3 is 0 Å². The maximum absolute atomic E-state index is 5.42. The normalized spacial score (nSPS) is 18.6. The first-order valence-electron chi connectivity index (χ1n) is 5.65. The van der Waals surface area contributed by atoms with Crippen LogP contribution >= 0.6 is 0 Å². The molecule has 1 aliphatic rings. The third kappa shape index (κ3) is 2.49. The van der Waals surface area contributed by atoms with Gasteiger partial charge in [-0.2, -0.15) is 0 Å². The van der Waals surface area contributed by atoms with E-state index in [1.807, 2.05) is 0 Å². The monoisotopic (exact) mass is 205 g/mol. The topological polar surface area (TPSA) is 50.1 Å². The fraction of sp³-hybridized carbons (Fsp3) is 0.500. The van der Waals surface area contributed by atoms with E-state index in [1.54, 1.807) is 0 Å². The molecule has 0 fully saturated rings. The average molecular weight is 205 g/mol. The van der Waals surface area contributed by atoms with E-state index in [-0.39, 0.29) is 0 Å². The molecule has 0 saturated carbocycles. The Morgan fingerprint density at radius 2 is 2.20 bits per heavy atom. The molecule has 2 rings (SSSR count). The van der Waals surface area contributed by atoms with Crippen molar-refractivity contribution in [3.05, 3.63) is 29.8 Å². The Morgan fingerprint density at radius 1 is 1.33 bits per heavy atom. The second-order valence-corrected chi connectivity index (χ2v) is 3.99. The van der Waals surface area contributed by atoms with E-state index >= 15 is 0 Å². The third-order valence-corrected chi connectivity index (χ3v) is 2.93. The van der Waals surface area contributed by atoms with Crippen LogP contribution in [-0.2, 0) is 0 Å². The molecule has 82 valence electrons. The van der Waals surface area contributed by atoms with Gasteiger partial charge in [0.1, 0.15) is 0 Å². The van der Waals surface area contributed by atoms with Crippen molar-refractivity contribution >= 4 is 5.69 Å². The number of fused-ring (bicyclic) bond motifs is 1. The van der Waals surface area contributed by atoms with E-state index in [9.17, 15) is 0 Å². The molecule has 1 heterocycles. The van der Waals surface area contributed by atoms with Crippen molar-refractivity contribution in [2.24, 2.45) is 5.73 Å². The van der Waals surface area contributed by atoms with Crippen LogP contribution in [0.4, 0.5) is 5.69 Å². The number of para-hydroxylation sites is 1. The lowest BCUT2D eigenvalue weighted by molar-refractivity contribution is 0.597. The highest BCUT2D eigenvalue weighted by atomic mass is 14.9. The molecular weight excluding hydrogens is 186 g/mol. The van der Waals surface area contributed by atoms with Crippen LogP contribution in [0, 0.1) is 0 Å². The van der Waals surface area contributed by atoms with Crippen molar-refractivity contribution in [3.8, 4) is 0 Å². The smallest absolute Gasteiger partial charge is 0.0376 e. The fourth-order valence-corrected chi connectivity index (χ4v) is 2.12. The molecule has 0 aliphatic carbocycles. The van der Waals surface area contributed by atoms with Crippen LogP contribution in [0.3, 0.4) is 0 Å². The highest BCUT2D eigenvalue weighted by Gasteiger charge is 2.20. The molecule has 15 heavy (non-hydrogen) atoms. The standard InChI is InChI=1S/C12H19N3/c13-6-8-14-7-5-10-9-15-12-4-2-1-3-11(10)12/h1-4,10,14-15H,5-9,13H2. The molecule has 1 unspecified atom stereocenters. The van der Waals surface area contributed by atoms with Crippen LogP contribution in [0.25, 0.3) is 0 Å². The van der Waals surface area contributed by atoms with E-state index in [4.69, 9.17) is 5.73 Å². The van der Waals surface area contributed by atoms with Crippen molar-refractivity contribution in [1.29, 1.82) is 0 Å². The zero-order chi connectivity index (χ0) is 10.5. The summed E-state index contributed by atoms with van der Waals surface area (Å²) < 4.78 is 0. The summed E-state index contributed by atoms with van der Waals surface area (Å²) in [6.45, 7) is 3.77. The van der Waals surface area contributed by atoms with Gasteiger partial charge in [-0.3, -0.25) is 0 Å². The van der Waals surface area contributed by atoms with Crippen molar-refractivity contribution in [3.63, 3.8) is 0 Å². The summed E-state index contributed by atoms with van der Waals surface area (Å²) in [5, 5.41) is 6.78. The van der Waals surface area contributed by atoms with Crippen molar-refractivity contribution in [2.45, 2.75) is 12.3 Å². The molecule has 1 aromatic carbocycles. The molecule has 0 spiro atoms. The number of anilines is 1. The highest BCUT2D eigenvalue weighted by molar-refractivity contribution is 5.57. The van der Waals surface area contributed by atoms with E-state index in [2.05, 4.69) is 34.9 Å². The summed E-state index contributed by atoms with van der Waals surface area (Å²) in [7, 11) is 0. The molecule has 3 nitrogen and oxygen atoms in total. The number of nitrogens with two attached hydrogens (primary N) is 1. The molecule has 4 N–H and O–H groups in total. The molecule has 0 bridgehead atoms. The molecule has 0 aromatic heterocycles. The maximum Gasteiger partial charge on any atom is 0.0376 e. The number of hydrogen-bond acceptors (Lipinski definition) is 3. The predicted octanol–water partition coefficient (Wildman–Crippen LogP) is 1.13. The van der Waals surface area contributed by atoms with E-state index in [0.717, 1.165) is 26.2 Å². The first kappa shape index (κ1) is 10.5. The van der Waals surface area contributed by atoms with Crippen molar-refractivity contribution in [1.82, 2.24) is 5.32 Å². The second-order valence-electron chi connectivity index (χ2n) is 3.99. The Balaban J connectivity index is 1.85. The van der Waals surface area contributed by atoms with Gasteiger partial charge in [0.25, 0.3) is 0 Å². The van der Waals surface area contributed by atoms with Gasteiger partial charge in [0.15, 0.2) is 0 Å². The maximum atomic E-state index is 5.42. The molecule has 0 amide bonds. The summed E-state index contributed by atoms with van der Waals surface area (Å²) in [6, 6.07) is 8.58. The van der Waals surface area contributed by atoms with Crippen LogP contribution < -0.4 is 16.4 Å². The number of benzene rings is 1. The SMILES string of the molecule is NCCNCCC1CNc2ccccc21. The number of hydrogen-bond donors (Lipinski definition) is 3. The molecule has 0 radical (unpaired) electrons. The summed E-state index contributed by atoms with van der Waals surface area (Å²) in [4.78, 5) is 0. The van der Waals surface area contributed by atoms with Crippen LogP contribution in [-0.4, -0.2) is 26.2 Å². The van der Waals surface area contributed by atoms with Gasteiger partial charge in [0.2, 0.25) is 0 Å². The van der Waals surface area contributed by atoms with Crippen LogP contribution in [0.2, 0.25) is 0 Å². The van der Waals surface area contributed by atoms with Gasteiger partial charge in [-0.15, -0.1) is 0 Å². The van der Waals surface area contributed by atoms with Gasteiger partial charge in [0, 0.05) is 31.2 Å². The Bertz CT molecular complexity index is 311. The largest absolute Gasteiger partial charge is 0.384 e. The van der Waals surface area contributed by atoms with Gasteiger partial charge < -0.3 is 16.4 Å². The highest BCUT2D eigenvalue weighted by Crippen LogP contribution is 2.32. The summed E-state index contributed by atoms with van der Waals surface area (Å²) >= 11 is 0. The minimum Gasteiger partial charge on any atom is -0.384 e. The minimum absolute atomic E-state index is 0.659. The molecule has 0 saturated heterocycles. The lowest BCUT2D eigenvalue weighted by Crippen LogP contribution is -2.24. The summed E-state index contributed by atoms with van der Waals surface area (Å²) in [5.74, 6) is 0.659. The van der Waals surface area contributed by atoms with E-state index in [0.29, 0.717) is 5.92 Å². The number of nitrogens with one attached hydrogen (secondary N) is 2. The Morgan fingerprint density at radius 3 is 3.07 bits per heavy atom. The third-order valence-electron chi connectivity index (χ3n) is 2.93. The fourth-order valence-electron chi connectivity index (χ4n) is 2.12. The first-order valence-corrected chi connectivity index (χ1v) is 5.65. The van der Waals surface area contributed by atoms with Gasteiger partial charge in [-0.1, -0.05) is 18.2 Å². The zero-order valence-corrected chi connectivity index (χ0v) is 9.00. The summed E-state index contributed by atoms with van der Waals surface area (Å²) in [6.07, 6.45) is 1.18. The van der Waals surface area contributed by atoms with Gasteiger partial charge in [0.05, 0.1) is 0 Å². The second kappa shape index (κ2) is 5.14. The number of rotatable bonds is 5. The predicted molar refractivity (Wildman–Crippen MR) is 64.2 cm³/mol. The molecular formula is C12H19N3. The van der Waals surface area contributed by atoms with Crippen molar-refractivity contribution in [2.75, 3.05) is 31.5 Å². The average Bonchev–Trinajstić information content (AvgIpc) is 2.68. The molecule has 1 aromatic rings. The zero-order valence-electron chi connectivity index (χ0n) is 9.00. The first-order chi connectivity index (χ1) is 7.42. The van der Waals surface area contributed by atoms with Crippen molar-refractivity contribution < 1.29 is 0 Å². The van der Waals surface area contributed by atoms with Crippen LogP contribution in [0.15, 0.2) is 24.3 Å². The van der Waals surface area contributed by atoms with Crippen LogP contribution in [0.1, 0.15) is 17.9 Å². The molecule has 3 heteroatoms. The lowest BCUT2D eigenvalue weighted by atomic mass is 9.98. The Kier molecular flexibility index (Phi) is 3.59. The summed E-state index contributed by atoms with van der Waals surface area (Å²) in [5.41, 5.74) is 8.20. The quantitative estimate of drug-likeness (QED) is 0.632. The Labute approximate surface area is 91.1 Å². The van der Waals surface area contributed by atoms with Crippen LogP contribution in [0.5, 0.6) is 0 Å². The van der Waals surface area contributed by atoms with E-state index in [1.165, 1.54) is 17.7 Å². The Hall–Kier alpha value is -1.06. The van der Waals surface area contributed by atoms with Gasteiger partial charge in [-0.05, 0) is 24.6 Å². The molecule has 1 atom stereocenters. The minimum atomic E-state index is 0.659. The van der Waals surface area contributed by atoms with E-state index < -0.39 is 0 Å². The lowest BCUT2D eigenvalue weighted by Gasteiger charge is -2.10.